The maximum Gasteiger partial charge on any atom is 0.273 e. The third-order valence-corrected chi connectivity index (χ3v) is 4.56. The maximum atomic E-state index is 12.9. The number of alkyl halides is 2. The fourth-order valence-electron chi connectivity index (χ4n) is 1.19. The van der Waals surface area contributed by atoms with E-state index in [0.29, 0.717) is 4.90 Å². The van der Waals surface area contributed by atoms with Crippen LogP contribution in [-0.2, 0) is 10.0 Å². The average Bonchev–Trinajstić information content (AvgIpc) is 2.37. The van der Waals surface area contributed by atoms with Crippen molar-refractivity contribution in [2.45, 2.75) is 15.7 Å². The highest BCUT2D eigenvalue weighted by molar-refractivity contribution is 7.99. The molecule has 1 rings (SSSR count). The summed E-state index contributed by atoms with van der Waals surface area (Å²) in [6.07, 6.45) is 1.71. The van der Waals surface area contributed by atoms with Crippen LogP contribution in [0.5, 0.6) is 0 Å². The minimum absolute atomic E-state index is 0. The topological polar surface area (TPSA) is 72.2 Å². The van der Waals surface area contributed by atoms with Gasteiger partial charge in [0.05, 0.1) is 18.0 Å². The number of hydrogen-bond acceptors (Lipinski definition) is 4. The van der Waals surface area contributed by atoms with Gasteiger partial charge in [-0.15, -0.1) is 24.2 Å². The molecule has 0 unspecified atom stereocenters. The van der Waals surface area contributed by atoms with Crippen LogP contribution in [-0.4, -0.2) is 33.7 Å². The Bertz CT molecular complexity index is 512. The Morgan fingerprint density at radius 3 is 2.47 bits per heavy atom. The molecule has 110 valence electrons. The summed E-state index contributed by atoms with van der Waals surface area (Å²) in [6.45, 7) is -1.91. The van der Waals surface area contributed by atoms with Crippen molar-refractivity contribution < 1.29 is 17.2 Å². The molecule has 0 aliphatic rings. The lowest BCUT2D eigenvalue weighted by Crippen LogP contribution is -2.41. The molecule has 4 nitrogen and oxygen atoms in total. The predicted octanol–water partition coefficient (Wildman–Crippen LogP) is 1.70. The van der Waals surface area contributed by atoms with Gasteiger partial charge in [0.25, 0.3) is 5.92 Å². The van der Waals surface area contributed by atoms with Gasteiger partial charge in [0.1, 0.15) is 0 Å². The molecular weight excluding hydrogens is 318 g/mol. The first-order valence-electron chi connectivity index (χ1n) is 5.03. The summed E-state index contributed by atoms with van der Waals surface area (Å²) < 4.78 is 51.5. The van der Waals surface area contributed by atoms with E-state index in [1.807, 2.05) is 4.72 Å². The highest BCUT2D eigenvalue weighted by Gasteiger charge is 2.29. The molecule has 0 aromatic heterocycles. The summed E-state index contributed by atoms with van der Waals surface area (Å²) in [5.41, 5.74) is 4.84. The Morgan fingerprint density at radius 1 is 1.37 bits per heavy atom. The summed E-state index contributed by atoms with van der Waals surface area (Å²) in [4.78, 5) is 0.492. The molecule has 0 aliphatic carbocycles. The Morgan fingerprint density at radius 2 is 1.95 bits per heavy atom. The third-order valence-electron chi connectivity index (χ3n) is 2.18. The Hall–Kier alpha value is -0.410. The van der Waals surface area contributed by atoms with Gasteiger partial charge in [-0.2, -0.15) is 0 Å². The van der Waals surface area contributed by atoms with Crippen molar-refractivity contribution in [3.8, 4) is 0 Å². The van der Waals surface area contributed by atoms with Gasteiger partial charge in [0.2, 0.25) is 10.0 Å². The van der Waals surface area contributed by atoms with Crippen LogP contribution in [0.4, 0.5) is 8.78 Å². The fraction of sp³-hybridized carbons (Fsp3) is 0.400. The standard InChI is InChI=1S/C10H14F2N2O2S2.ClH/c1-17-8-4-2-3-5-9(8)18(15,16)14-7-10(11,12)6-13;/h2-5,14H,6-7,13H2,1H3;1H. The van der Waals surface area contributed by atoms with Crippen molar-refractivity contribution in [3.63, 3.8) is 0 Å². The number of sulfonamides is 1. The molecular formula is C10H15ClF2N2O2S2. The van der Waals surface area contributed by atoms with Crippen LogP contribution in [0.15, 0.2) is 34.1 Å². The number of benzene rings is 1. The quantitative estimate of drug-likeness (QED) is 0.778. The second-order valence-corrected chi connectivity index (χ2v) is 6.12. The van der Waals surface area contributed by atoms with E-state index in [9.17, 15) is 17.2 Å². The van der Waals surface area contributed by atoms with Crippen molar-refractivity contribution in [2.24, 2.45) is 5.73 Å². The van der Waals surface area contributed by atoms with Crippen molar-refractivity contribution >= 4 is 34.2 Å². The van der Waals surface area contributed by atoms with Crippen molar-refractivity contribution in [1.82, 2.24) is 4.72 Å². The monoisotopic (exact) mass is 332 g/mol. The normalized spacial score (nSPS) is 12.0. The lowest BCUT2D eigenvalue weighted by Gasteiger charge is -2.15. The Labute approximate surface area is 121 Å². The molecule has 19 heavy (non-hydrogen) atoms. The molecule has 0 atom stereocenters. The molecule has 1 aromatic carbocycles. The van der Waals surface area contributed by atoms with Crippen molar-refractivity contribution in [3.05, 3.63) is 24.3 Å². The first-order chi connectivity index (χ1) is 8.32. The van der Waals surface area contributed by atoms with Gasteiger partial charge in [-0.05, 0) is 18.4 Å². The van der Waals surface area contributed by atoms with Crippen LogP contribution >= 0.6 is 24.2 Å². The second-order valence-electron chi connectivity index (χ2n) is 3.54. The van der Waals surface area contributed by atoms with Crippen LogP contribution < -0.4 is 10.5 Å². The Kier molecular flexibility index (Phi) is 7.23. The molecule has 0 saturated carbocycles. The fourth-order valence-corrected chi connectivity index (χ4v) is 3.40. The second kappa shape index (κ2) is 7.39. The first-order valence-corrected chi connectivity index (χ1v) is 7.74. The first kappa shape index (κ1) is 18.6. The van der Waals surface area contributed by atoms with Crippen molar-refractivity contribution in [2.75, 3.05) is 19.3 Å². The third kappa shape index (κ3) is 5.23. The highest BCUT2D eigenvalue weighted by Crippen LogP contribution is 2.24. The molecule has 0 aliphatic heterocycles. The molecule has 0 radical (unpaired) electrons. The molecule has 0 spiro atoms. The van der Waals surface area contributed by atoms with Gasteiger partial charge in [-0.25, -0.2) is 21.9 Å². The molecule has 1 aromatic rings. The molecule has 0 bridgehead atoms. The number of halogens is 3. The maximum absolute atomic E-state index is 12.9. The molecule has 9 heteroatoms. The summed E-state index contributed by atoms with van der Waals surface area (Å²) >= 11 is 1.23. The number of hydrogen-bond donors (Lipinski definition) is 2. The zero-order valence-corrected chi connectivity index (χ0v) is 12.5. The minimum Gasteiger partial charge on any atom is -0.325 e. The summed E-state index contributed by atoms with van der Waals surface area (Å²) in [6, 6.07) is 6.20. The van der Waals surface area contributed by atoms with Gasteiger partial charge in [0, 0.05) is 4.90 Å². The molecule has 0 fully saturated rings. The van der Waals surface area contributed by atoms with Crippen LogP contribution in [0, 0.1) is 0 Å². The van der Waals surface area contributed by atoms with E-state index in [1.165, 1.54) is 23.9 Å². The van der Waals surface area contributed by atoms with E-state index in [0.717, 1.165) is 0 Å². The van der Waals surface area contributed by atoms with E-state index >= 15 is 0 Å². The van der Waals surface area contributed by atoms with E-state index in [-0.39, 0.29) is 17.3 Å². The van der Waals surface area contributed by atoms with Crippen LogP contribution in [0.3, 0.4) is 0 Å². The number of thioether (sulfide) groups is 1. The molecule has 0 amide bonds. The van der Waals surface area contributed by atoms with Crippen LogP contribution in [0.2, 0.25) is 0 Å². The lowest BCUT2D eigenvalue weighted by atomic mass is 10.3. The smallest absolute Gasteiger partial charge is 0.273 e. The summed E-state index contributed by atoms with van der Waals surface area (Å²) in [5.74, 6) is -3.25. The van der Waals surface area contributed by atoms with Crippen LogP contribution in [0.1, 0.15) is 0 Å². The lowest BCUT2D eigenvalue weighted by molar-refractivity contribution is 0.0170. The number of rotatable bonds is 6. The molecule has 0 heterocycles. The highest BCUT2D eigenvalue weighted by atomic mass is 35.5. The van der Waals surface area contributed by atoms with Gasteiger partial charge < -0.3 is 5.73 Å². The number of nitrogens with one attached hydrogen (secondary N) is 1. The van der Waals surface area contributed by atoms with E-state index in [4.69, 9.17) is 5.73 Å². The van der Waals surface area contributed by atoms with E-state index in [1.54, 1.807) is 18.4 Å². The molecule has 3 N–H and O–H groups in total. The van der Waals surface area contributed by atoms with Gasteiger partial charge in [0.15, 0.2) is 0 Å². The van der Waals surface area contributed by atoms with Crippen LogP contribution in [0.25, 0.3) is 0 Å². The summed E-state index contributed by atoms with van der Waals surface area (Å²) in [5, 5.41) is 0. The summed E-state index contributed by atoms with van der Waals surface area (Å²) in [7, 11) is -3.95. The van der Waals surface area contributed by atoms with Crippen molar-refractivity contribution in [1.29, 1.82) is 0 Å². The van der Waals surface area contributed by atoms with Gasteiger partial charge >= 0.3 is 0 Å². The average molecular weight is 333 g/mol. The Balaban J connectivity index is 0.00000324. The van der Waals surface area contributed by atoms with E-state index < -0.39 is 29.0 Å². The minimum atomic E-state index is -3.95. The molecule has 0 saturated heterocycles. The zero-order chi connectivity index (χ0) is 13.8. The number of nitrogens with two attached hydrogens (primary N) is 1. The van der Waals surface area contributed by atoms with Gasteiger partial charge in [-0.1, -0.05) is 12.1 Å². The largest absolute Gasteiger partial charge is 0.325 e. The van der Waals surface area contributed by atoms with E-state index in [2.05, 4.69) is 0 Å². The SMILES string of the molecule is CSc1ccccc1S(=O)(=O)NCC(F)(F)CN.Cl. The predicted molar refractivity (Wildman–Crippen MR) is 74.7 cm³/mol. The van der Waals surface area contributed by atoms with Gasteiger partial charge in [-0.3, -0.25) is 0 Å². The zero-order valence-electron chi connectivity index (χ0n) is 10.1.